The van der Waals surface area contributed by atoms with E-state index in [1.165, 1.54) is 0 Å². The van der Waals surface area contributed by atoms with E-state index in [0.717, 1.165) is 0 Å². The first-order valence-electron chi connectivity index (χ1n) is 2.66. The van der Waals surface area contributed by atoms with Crippen LogP contribution in [0.4, 0.5) is 35.1 Å². The van der Waals surface area contributed by atoms with Crippen molar-refractivity contribution in [2.45, 2.75) is 18.0 Å². The summed E-state index contributed by atoms with van der Waals surface area (Å²) in [5.41, 5.74) is 0. The maximum absolute atomic E-state index is 11.9. The molecular formula is C5H2F8. The van der Waals surface area contributed by atoms with Crippen LogP contribution in [0, 0.1) is 0 Å². The lowest BCUT2D eigenvalue weighted by atomic mass is 10.1. The molecule has 0 rings (SSSR count). The van der Waals surface area contributed by atoms with Gasteiger partial charge in [0.1, 0.15) is 0 Å². The zero-order valence-electron chi connectivity index (χ0n) is 5.68. The third-order valence-electron chi connectivity index (χ3n) is 1.05. The Bertz CT molecular complexity index is 199. The zero-order chi connectivity index (χ0) is 10.9. The smallest absolute Gasteiger partial charge is 0.216 e. The largest absolute Gasteiger partial charge is 0.460 e. The second-order valence-corrected chi connectivity index (χ2v) is 1.99. The average Bonchev–Trinajstić information content (AvgIpc) is 1.84. The maximum atomic E-state index is 11.9. The van der Waals surface area contributed by atoms with E-state index in [1.54, 1.807) is 0 Å². The molecule has 0 fully saturated rings. The molecule has 0 saturated carbocycles. The minimum Gasteiger partial charge on any atom is -0.216 e. The van der Waals surface area contributed by atoms with Crippen molar-refractivity contribution in [3.63, 3.8) is 0 Å². The van der Waals surface area contributed by atoms with Gasteiger partial charge in [-0.15, -0.1) is 0 Å². The van der Waals surface area contributed by atoms with Crippen molar-refractivity contribution in [2.24, 2.45) is 0 Å². The van der Waals surface area contributed by atoms with E-state index in [4.69, 9.17) is 0 Å². The van der Waals surface area contributed by atoms with Gasteiger partial charge in [0.25, 0.3) is 0 Å². The van der Waals surface area contributed by atoms with Gasteiger partial charge in [0.15, 0.2) is 0 Å². The van der Waals surface area contributed by atoms with Crippen LogP contribution >= 0.6 is 0 Å². The van der Waals surface area contributed by atoms with Gasteiger partial charge >= 0.3 is 18.0 Å². The van der Waals surface area contributed by atoms with Crippen LogP contribution in [0.1, 0.15) is 0 Å². The monoisotopic (exact) mass is 214 g/mol. The summed E-state index contributed by atoms with van der Waals surface area (Å²) < 4.78 is 92.3. The van der Waals surface area contributed by atoms with Crippen LogP contribution in [0.25, 0.3) is 0 Å². The molecular weight excluding hydrogens is 212 g/mol. The molecule has 8 heteroatoms. The predicted octanol–water partition coefficient (Wildman–Crippen LogP) is 3.30. The standard InChI is InChI=1S/C5H2F8/c6-2-1-3(7,8)4(9,10)5(11,12)13/h1-2H. The van der Waals surface area contributed by atoms with Crippen LogP contribution in [0.15, 0.2) is 12.4 Å². The summed E-state index contributed by atoms with van der Waals surface area (Å²) in [6.07, 6.45) is -8.64. The van der Waals surface area contributed by atoms with Gasteiger partial charge in [0.05, 0.1) is 6.33 Å². The van der Waals surface area contributed by atoms with E-state index in [0.29, 0.717) is 0 Å². The second kappa shape index (κ2) is 3.15. The van der Waals surface area contributed by atoms with Gasteiger partial charge in [-0.3, -0.25) is 0 Å². The number of alkyl halides is 7. The molecule has 0 aromatic heterocycles. The number of hydrogen-bond donors (Lipinski definition) is 0. The summed E-state index contributed by atoms with van der Waals surface area (Å²) in [7, 11) is 0. The summed E-state index contributed by atoms with van der Waals surface area (Å²) in [5, 5.41) is 0. The zero-order valence-corrected chi connectivity index (χ0v) is 5.68. The normalized spacial score (nSPS) is 15.4. The SMILES string of the molecule is FC=CC(F)(F)C(F)(F)C(F)(F)F. The number of halogens is 8. The second-order valence-electron chi connectivity index (χ2n) is 1.99. The van der Waals surface area contributed by atoms with Gasteiger partial charge in [-0.25, -0.2) is 4.39 Å². The Hall–Kier alpha value is -0.820. The Labute approximate surface area is 66.8 Å². The Balaban J connectivity index is 5.03. The highest BCUT2D eigenvalue weighted by atomic mass is 19.4. The number of hydrogen-bond acceptors (Lipinski definition) is 0. The summed E-state index contributed by atoms with van der Waals surface area (Å²) in [5.74, 6) is -11.9. The van der Waals surface area contributed by atoms with E-state index in [9.17, 15) is 35.1 Å². The summed E-state index contributed by atoms with van der Waals surface area (Å²) in [4.78, 5) is 0. The molecule has 0 spiro atoms. The van der Waals surface area contributed by atoms with Gasteiger partial charge in [0.2, 0.25) is 0 Å². The fourth-order valence-corrected chi connectivity index (χ4v) is 0.373. The molecule has 0 aromatic rings. The summed E-state index contributed by atoms with van der Waals surface area (Å²) in [6, 6.07) is 0. The van der Waals surface area contributed by atoms with Gasteiger partial charge in [-0.2, -0.15) is 30.7 Å². The Morgan fingerprint density at radius 3 is 1.38 bits per heavy atom. The highest BCUT2D eigenvalue weighted by Crippen LogP contribution is 2.46. The third-order valence-corrected chi connectivity index (χ3v) is 1.05. The van der Waals surface area contributed by atoms with E-state index < -0.39 is 30.4 Å². The molecule has 78 valence electrons. The molecule has 13 heavy (non-hydrogen) atoms. The molecule has 0 aliphatic rings. The lowest BCUT2D eigenvalue weighted by molar-refractivity contribution is -0.341. The fraction of sp³-hybridized carbons (Fsp3) is 0.600. The van der Waals surface area contributed by atoms with Gasteiger partial charge in [-0.1, -0.05) is 0 Å². The molecule has 0 aliphatic heterocycles. The Morgan fingerprint density at radius 2 is 1.15 bits per heavy atom. The Kier molecular flexibility index (Phi) is 2.95. The molecule has 0 radical (unpaired) electrons. The average molecular weight is 214 g/mol. The van der Waals surface area contributed by atoms with Crippen molar-refractivity contribution >= 4 is 0 Å². The van der Waals surface area contributed by atoms with Crippen LogP contribution in [0.5, 0.6) is 0 Å². The van der Waals surface area contributed by atoms with Crippen molar-refractivity contribution in [3.05, 3.63) is 12.4 Å². The van der Waals surface area contributed by atoms with Crippen LogP contribution in [0.3, 0.4) is 0 Å². The molecule has 0 saturated heterocycles. The third kappa shape index (κ3) is 2.10. The maximum Gasteiger partial charge on any atom is 0.460 e. The van der Waals surface area contributed by atoms with Gasteiger partial charge in [0, 0.05) is 6.08 Å². The minimum atomic E-state index is -6.42. The van der Waals surface area contributed by atoms with Gasteiger partial charge < -0.3 is 0 Å². The fourth-order valence-electron chi connectivity index (χ4n) is 0.373. The van der Waals surface area contributed by atoms with E-state index in [1.807, 2.05) is 0 Å². The van der Waals surface area contributed by atoms with E-state index in [2.05, 4.69) is 0 Å². The number of rotatable bonds is 2. The highest BCUT2D eigenvalue weighted by Gasteiger charge is 2.71. The Morgan fingerprint density at radius 1 is 0.769 bits per heavy atom. The first-order chi connectivity index (χ1) is 5.56. The van der Waals surface area contributed by atoms with Crippen molar-refractivity contribution in [1.82, 2.24) is 0 Å². The van der Waals surface area contributed by atoms with Gasteiger partial charge in [-0.05, 0) is 0 Å². The quantitative estimate of drug-likeness (QED) is 0.618. The lowest BCUT2D eigenvalue weighted by Crippen LogP contribution is -2.50. The van der Waals surface area contributed by atoms with Crippen molar-refractivity contribution < 1.29 is 35.1 Å². The molecule has 0 amide bonds. The van der Waals surface area contributed by atoms with Crippen LogP contribution in [0.2, 0.25) is 0 Å². The summed E-state index contributed by atoms with van der Waals surface area (Å²) in [6.45, 7) is 0. The molecule has 0 unspecified atom stereocenters. The van der Waals surface area contributed by atoms with Crippen molar-refractivity contribution in [1.29, 1.82) is 0 Å². The molecule has 0 nitrogen and oxygen atoms in total. The molecule has 0 heterocycles. The van der Waals surface area contributed by atoms with Crippen molar-refractivity contribution in [2.75, 3.05) is 0 Å². The van der Waals surface area contributed by atoms with E-state index >= 15 is 0 Å². The van der Waals surface area contributed by atoms with E-state index in [-0.39, 0.29) is 0 Å². The number of allylic oxidation sites excluding steroid dienone is 1. The molecule has 0 aliphatic carbocycles. The first-order valence-corrected chi connectivity index (χ1v) is 2.66. The van der Waals surface area contributed by atoms with Crippen LogP contribution < -0.4 is 0 Å². The highest BCUT2D eigenvalue weighted by molar-refractivity contribution is 5.03. The van der Waals surface area contributed by atoms with Crippen molar-refractivity contribution in [3.8, 4) is 0 Å². The first kappa shape index (κ1) is 12.2. The molecule has 0 bridgehead atoms. The summed E-state index contributed by atoms with van der Waals surface area (Å²) >= 11 is 0. The van der Waals surface area contributed by atoms with Crippen LogP contribution in [-0.2, 0) is 0 Å². The molecule has 0 atom stereocenters. The topological polar surface area (TPSA) is 0 Å². The molecule has 0 aromatic carbocycles. The lowest BCUT2D eigenvalue weighted by Gasteiger charge is -2.25. The minimum absolute atomic E-state index is 1.07. The molecule has 0 N–H and O–H groups in total. The predicted molar refractivity (Wildman–Crippen MR) is 26.2 cm³/mol. The van der Waals surface area contributed by atoms with Crippen LogP contribution in [-0.4, -0.2) is 18.0 Å².